The van der Waals surface area contributed by atoms with Gasteiger partial charge in [-0.3, -0.25) is 0 Å². The van der Waals surface area contributed by atoms with Gasteiger partial charge in [-0.1, -0.05) is 24.3 Å². The third-order valence-electron chi connectivity index (χ3n) is 2.45. The van der Waals surface area contributed by atoms with E-state index in [0.717, 1.165) is 5.56 Å². The molecule has 0 fully saturated rings. The highest BCUT2D eigenvalue weighted by Gasteiger charge is 2.07. The van der Waals surface area contributed by atoms with Gasteiger partial charge in [0.1, 0.15) is 5.75 Å². The molecule has 0 aliphatic carbocycles. The zero-order chi connectivity index (χ0) is 12.3. The molecule has 0 aromatic heterocycles. The Kier molecular flexibility index (Phi) is 3.40. The largest absolute Gasteiger partial charge is 0.454 e. The molecule has 0 unspecified atom stereocenters. The highest BCUT2D eigenvalue weighted by Crippen LogP contribution is 2.28. The highest BCUT2D eigenvalue weighted by molar-refractivity contribution is 5.39. The summed E-state index contributed by atoms with van der Waals surface area (Å²) in [6.45, 7) is 1.73. The van der Waals surface area contributed by atoms with Gasteiger partial charge in [0.25, 0.3) is 0 Å². The quantitative estimate of drug-likeness (QED) is 0.878. The van der Waals surface area contributed by atoms with Crippen LogP contribution >= 0.6 is 0 Å². The van der Waals surface area contributed by atoms with Crippen LogP contribution < -0.4 is 4.74 Å². The van der Waals surface area contributed by atoms with Gasteiger partial charge in [-0.15, -0.1) is 0 Å². The number of hydrogen-bond donors (Lipinski definition) is 1. The SMILES string of the molecule is Cc1ccc(F)c(Oc2ccccc2CO)c1. The van der Waals surface area contributed by atoms with Crippen molar-refractivity contribution in [3.8, 4) is 11.5 Å². The summed E-state index contributed by atoms with van der Waals surface area (Å²) in [5, 5.41) is 9.15. The van der Waals surface area contributed by atoms with Gasteiger partial charge in [0.2, 0.25) is 0 Å². The van der Waals surface area contributed by atoms with Crippen molar-refractivity contribution in [1.29, 1.82) is 0 Å². The number of para-hydroxylation sites is 1. The maximum atomic E-state index is 13.5. The molecule has 0 spiro atoms. The van der Waals surface area contributed by atoms with Crippen molar-refractivity contribution in [2.75, 3.05) is 0 Å². The Labute approximate surface area is 99.3 Å². The average Bonchev–Trinajstić information content (AvgIpc) is 2.34. The molecule has 0 radical (unpaired) electrons. The van der Waals surface area contributed by atoms with Gasteiger partial charge >= 0.3 is 0 Å². The summed E-state index contributed by atoms with van der Waals surface area (Å²) in [4.78, 5) is 0. The number of aliphatic hydroxyl groups is 1. The molecule has 0 atom stereocenters. The summed E-state index contributed by atoms with van der Waals surface area (Å²) < 4.78 is 19.0. The molecule has 0 saturated carbocycles. The normalized spacial score (nSPS) is 10.3. The molecule has 17 heavy (non-hydrogen) atoms. The molecule has 2 aromatic carbocycles. The molecule has 2 aromatic rings. The Morgan fingerprint density at radius 2 is 1.88 bits per heavy atom. The standard InChI is InChI=1S/C14H13FO2/c1-10-6-7-12(15)14(8-10)17-13-5-3-2-4-11(13)9-16/h2-8,16H,9H2,1H3. The lowest BCUT2D eigenvalue weighted by molar-refractivity contribution is 0.276. The Balaban J connectivity index is 2.34. The van der Waals surface area contributed by atoms with Crippen molar-refractivity contribution in [3.63, 3.8) is 0 Å². The van der Waals surface area contributed by atoms with Crippen molar-refractivity contribution in [2.45, 2.75) is 13.5 Å². The highest BCUT2D eigenvalue weighted by atomic mass is 19.1. The predicted octanol–water partition coefficient (Wildman–Crippen LogP) is 3.42. The van der Waals surface area contributed by atoms with Crippen LogP contribution in [0.15, 0.2) is 42.5 Å². The fourth-order valence-electron chi connectivity index (χ4n) is 1.54. The molecular weight excluding hydrogens is 219 g/mol. The van der Waals surface area contributed by atoms with Crippen LogP contribution in [0.2, 0.25) is 0 Å². The topological polar surface area (TPSA) is 29.5 Å². The summed E-state index contributed by atoms with van der Waals surface area (Å²) in [7, 11) is 0. The van der Waals surface area contributed by atoms with Gasteiger partial charge in [0.05, 0.1) is 6.61 Å². The first-order chi connectivity index (χ1) is 8.20. The maximum Gasteiger partial charge on any atom is 0.165 e. The van der Waals surface area contributed by atoms with E-state index in [0.29, 0.717) is 11.3 Å². The van der Waals surface area contributed by atoms with Crippen molar-refractivity contribution in [3.05, 3.63) is 59.4 Å². The molecule has 0 amide bonds. The Hall–Kier alpha value is -1.87. The van der Waals surface area contributed by atoms with E-state index in [1.807, 2.05) is 6.92 Å². The second kappa shape index (κ2) is 4.97. The first-order valence-electron chi connectivity index (χ1n) is 5.33. The molecule has 88 valence electrons. The fourth-order valence-corrected chi connectivity index (χ4v) is 1.54. The van der Waals surface area contributed by atoms with E-state index in [2.05, 4.69) is 0 Å². The average molecular weight is 232 g/mol. The summed E-state index contributed by atoms with van der Waals surface area (Å²) in [5.74, 6) is 0.230. The molecule has 0 aliphatic heterocycles. The lowest BCUT2D eigenvalue weighted by Crippen LogP contribution is -1.93. The van der Waals surface area contributed by atoms with E-state index in [1.165, 1.54) is 6.07 Å². The van der Waals surface area contributed by atoms with Gasteiger partial charge in [-0.05, 0) is 30.7 Å². The predicted molar refractivity (Wildman–Crippen MR) is 63.6 cm³/mol. The Morgan fingerprint density at radius 3 is 2.65 bits per heavy atom. The monoisotopic (exact) mass is 232 g/mol. The van der Waals surface area contributed by atoms with Crippen LogP contribution in [-0.2, 0) is 6.61 Å². The number of aliphatic hydroxyl groups excluding tert-OH is 1. The maximum absolute atomic E-state index is 13.5. The number of ether oxygens (including phenoxy) is 1. The van der Waals surface area contributed by atoms with E-state index >= 15 is 0 Å². The second-order valence-electron chi connectivity index (χ2n) is 3.80. The molecule has 2 nitrogen and oxygen atoms in total. The summed E-state index contributed by atoms with van der Waals surface area (Å²) in [6.07, 6.45) is 0. The van der Waals surface area contributed by atoms with Crippen molar-refractivity contribution < 1.29 is 14.2 Å². The number of rotatable bonds is 3. The van der Waals surface area contributed by atoms with Crippen LogP contribution in [0.4, 0.5) is 4.39 Å². The summed E-state index contributed by atoms with van der Waals surface area (Å²) >= 11 is 0. The zero-order valence-electron chi connectivity index (χ0n) is 9.48. The molecule has 1 N–H and O–H groups in total. The van der Waals surface area contributed by atoms with E-state index < -0.39 is 5.82 Å². The van der Waals surface area contributed by atoms with Gasteiger partial charge < -0.3 is 9.84 Å². The number of benzene rings is 2. The van der Waals surface area contributed by atoms with Crippen LogP contribution in [0.5, 0.6) is 11.5 Å². The molecule has 0 bridgehead atoms. The summed E-state index contributed by atoms with van der Waals surface area (Å²) in [5.41, 5.74) is 1.55. The van der Waals surface area contributed by atoms with Gasteiger partial charge in [-0.25, -0.2) is 4.39 Å². The van der Waals surface area contributed by atoms with Crippen LogP contribution in [0, 0.1) is 12.7 Å². The number of hydrogen-bond acceptors (Lipinski definition) is 2. The molecule has 0 aliphatic rings. The van der Waals surface area contributed by atoms with E-state index in [-0.39, 0.29) is 12.4 Å². The lowest BCUT2D eigenvalue weighted by atomic mass is 10.2. The van der Waals surface area contributed by atoms with Crippen molar-refractivity contribution >= 4 is 0 Å². The lowest BCUT2D eigenvalue weighted by Gasteiger charge is -2.10. The van der Waals surface area contributed by atoms with Crippen LogP contribution in [0.25, 0.3) is 0 Å². The van der Waals surface area contributed by atoms with Crippen molar-refractivity contribution in [2.24, 2.45) is 0 Å². The third-order valence-corrected chi connectivity index (χ3v) is 2.45. The molecule has 0 saturated heterocycles. The van der Waals surface area contributed by atoms with Gasteiger partial charge in [0, 0.05) is 5.56 Å². The molecule has 2 rings (SSSR count). The molecule has 0 heterocycles. The van der Waals surface area contributed by atoms with Crippen molar-refractivity contribution in [1.82, 2.24) is 0 Å². The number of aryl methyl sites for hydroxylation is 1. The van der Waals surface area contributed by atoms with Crippen LogP contribution in [-0.4, -0.2) is 5.11 Å². The van der Waals surface area contributed by atoms with E-state index in [4.69, 9.17) is 9.84 Å². The second-order valence-corrected chi connectivity index (χ2v) is 3.80. The Morgan fingerprint density at radius 1 is 1.12 bits per heavy atom. The van der Waals surface area contributed by atoms with E-state index in [9.17, 15) is 4.39 Å². The molecule has 3 heteroatoms. The van der Waals surface area contributed by atoms with E-state index in [1.54, 1.807) is 36.4 Å². The minimum absolute atomic E-state index is 0.135. The van der Waals surface area contributed by atoms with Crippen LogP contribution in [0.1, 0.15) is 11.1 Å². The first kappa shape index (κ1) is 11.6. The minimum Gasteiger partial charge on any atom is -0.454 e. The zero-order valence-corrected chi connectivity index (χ0v) is 9.48. The smallest absolute Gasteiger partial charge is 0.165 e. The fraction of sp³-hybridized carbons (Fsp3) is 0.143. The third kappa shape index (κ3) is 2.63. The summed E-state index contributed by atoms with van der Waals surface area (Å²) in [6, 6.07) is 11.7. The van der Waals surface area contributed by atoms with Gasteiger partial charge in [-0.2, -0.15) is 0 Å². The Bertz CT molecular complexity index is 523. The minimum atomic E-state index is -0.414. The van der Waals surface area contributed by atoms with Gasteiger partial charge in [0.15, 0.2) is 11.6 Å². The van der Waals surface area contributed by atoms with Crippen LogP contribution in [0.3, 0.4) is 0 Å². The first-order valence-corrected chi connectivity index (χ1v) is 5.33. The molecular formula is C14H13FO2. The number of halogens is 1.